The highest BCUT2D eigenvalue weighted by atomic mass is 16.5. The van der Waals surface area contributed by atoms with Gasteiger partial charge in [-0.15, -0.1) is 0 Å². The first kappa shape index (κ1) is 18.2. The van der Waals surface area contributed by atoms with E-state index < -0.39 is 23.9 Å². The lowest BCUT2D eigenvalue weighted by atomic mass is 10.1. The Balaban J connectivity index is 1.93. The van der Waals surface area contributed by atoms with E-state index in [1.165, 1.54) is 31.2 Å². The van der Waals surface area contributed by atoms with Crippen LogP contribution in [0.4, 0.5) is 0 Å². The average Bonchev–Trinajstić information content (AvgIpc) is 2.62. The molecule has 2 atom stereocenters. The van der Waals surface area contributed by atoms with Crippen molar-refractivity contribution < 1.29 is 19.1 Å². The molecule has 0 unspecified atom stereocenters. The van der Waals surface area contributed by atoms with E-state index in [-0.39, 0.29) is 11.6 Å². The highest BCUT2D eigenvalue weighted by Crippen LogP contribution is 2.12. The molecule has 0 saturated heterocycles. The molecule has 0 spiro atoms. The fourth-order valence-corrected chi connectivity index (χ4v) is 2.21. The van der Waals surface area contributed by atoms with Gasteiger partial charge in [0.2, 0.25) is 5.91 Å². The van der Waals surface area contributed by atoms with Gasteiger partial charge >= 0.3 is 5.97 Å². The van der Waals surface area contributed by atoms with Gasteiger partial charge in [-0.3, -0.25) is 9.59 Å². The number of carbonyl (C=O) groups excluding carboxylic acids is 3. The Hall–Kier alpha value is -3.15. The number of amides is 2. The van der Waals surface area contributed by atoms with Gasteiger partial charge in [0.15, 0.2) is 6.10 Å². The molecule has 0 aromatic heterocycles. The summed E-state index contributed by atoms with van der Waals surface area (Å²) in [7, 11) is 0. The van der Waals surface area contributed by atoms with Crippen LogP contribution < -0.4 is 11.1 Å². The summed E-state index contributed by atoms with van der Waals surface area (Å²) in [6.45, 7) is 3.35. The Morgan fingerprint density at radius 3 is 2.04 bits per heavy atom. The molecule has 6 heteroatoms. The summed E-state index contributed by atoms with van der Waals surface area (Å²) < 4.78 is 5.17. The van der Waals surface area contributed by atoms with Crippen molar-refractivity contribution in [3.8, 4) is 0 Å². The lowest BCUT2D eigenvalue weighted by Gasteiger charge is -2.18. The van der Waals surface area contributed by atoms with E-state index in [0.717, 1.165) is 5.56 Å². The first-order valence-electron chi connectivity index (χ1n) is 7.84. The van der Waals surface area contributed by atoms with Crippen LogP contribution >= 0.6 is 0 Å². The number of ether oxygens (including phenoxy) is 1. The molecule has 0 bridgehead atoms. The molecule has 0 fully saturated rings. The van der Waals surface area contributed by atoms with E-state index in [1.807, 2.05) is 37.3 Å². The molecule has 0 saturated carbocycles. The summed E-state index contributed by atoms with van der Waals surface area (Å²) in [6.07, 6.45) is -0.950. The number of rotatable bonds is 6. The summed E-state index contributed by atoms with van der Waals surface area (Å²) in [5.74, 6) is -1.62. The molecular weight excluding hydrogens is 320 g/mol. The minimum absolute atomic E-state index is 0.204. The molecule has 2 rings (SSSR count). The number of nitrogens with one attached hydrogen (secondary N) is 1. The van der Waals surface area contributed by atoms with Gasteiger partial charge in [0.1, 0.15) is 0 Å². The van der Waals surface area contributed by atoms with Gasteiger partial charge in [0, 0.05) is 5.56 Å². The normalized spacial score (nSPS) is 12.7. The first-order chi connectivity index (χ1) is 11.9. The lowest BCUT2D eigenvalue weighted by molar-refractivity contribution is -0.129. The monoisotopic (exact) mass is 340 g/mol. The summed E-state index contributed by atoms with van der Waals surface area (Å²) in [5.41, 5.74) is 6.63. The van der Waals surface area contributed by atoms with Gasteiger partial charge in [0.25, 0.3) is 5.91 Å². The second-order valence-corrected chi connectivity index (χ2v) is 5.63. The molecule has 0 heterocycles. The van der Waals surface area contributed by atoms with Gasteiger partial charge in [-0.2, -0.15) is 0 Å². The van der Waals surface area contributed by atoms with Crippen LogP contribution in [0.2, 0.25) is 0 Å². The molecule has 0 radical (unpaired) electrons. The largest absolute Gasteiger partial charge is 0.449 e. The SMILES string of the molecule is C[C@@H](OC(=O)c1ccc(C(N)=O)cc1)C(=O)N[C@H](C)c1ccccc1. The molecule has 2 amide bonds. The van der Waals surface area contributed by atoms with E-state index in [2.05, 4.69) is 5.32 Å². The number of hydrogen-bond donors (Lipinski definition) is 2. The van der Waals surface area contributed by atoms with Crippen LogP contribution in [0, 0.1) is 0 Å². The third-order valence-electron chi connectivity index (χ3n) is 3.72. The molecule has 0 aliphatic rings. The number of nitrogens with two attached hydrogens (primary N) is 1. The highest BCUT2D eigenvalue weighted by molar-refractivity contribution is 5.96. The first-order valence-corrected chi connectivity index (χ1v) is 7.84. The van der Waals surface area contributed by atoms with Gasteiger partial charge in [-0.05, 0) is 43.7 Å². The fraction of sp³-hybridized carbons (Fsp3) is 0.211. The molecule has 0 aliphatic heterocycles. The van der Waals surface area contributed by atoms with Crippen LogP contribution in [-0.2, 0) is 9.53 Å². The van der Waals surface area contributed by atoms with Crippen molar-refractivity contribution in [3.63, 3.8) is 0 Å². The lowest BCUT2D eigenvalue weighted by Crippen LogP contribution is -2.37. The van der Waals surface area contributed by atoms with Crippen molar-refractivity contribution in [2.75, 3.05) is 0 Å². The van der Waals surface area contributed by atoms with Crippen LogP contribution in [0.1, 0.15) is 46.2 Å². The quantitative estimate of drug-likeness (QED) is 0.788. The van der Waals surface area contributed by atoms with Crippen LogP contribution in [0.25, 0.3) is 0 Å². The topological polar surface area (TPSA) is 98.5 Å². The highest BCUT2D eigenvalue weighted by Gasteiger charge is 2.21. The van der Waals surface area contributed by atoms with Crippen molar-refractivity contribution >= 4 is 17.8 Å². The zero-order valence-electron chi connectivity index (χ0n) is 14.1. The van der Waals surface area contributed by atoms with Gasteiger partial charge in [-0.1, -0.05) is 30.3 Å². The van der Waals surface area contributed by atoms with Crippen LogP contribution in [0.15, 0.2) is 54.6 Å². The summed E-state index contributed by atoms with van der Waals surface area (Å²) in [4.78, 5) is 35.3. The molecule has 3 N–H and O–H groups in total. The van der Waals surface area contributed by atoms with Crippen molar-refractivity contribution in [1.29, 1.82) is 0 Å². The molecule has 130 valence electrons. The Bertz CT molecular complexity index is 757. The molecule has 0 aliphatic carbocycles. The maximum absolute atomic E-state index is 12.2. The van der Waals surface area contributed by atoms with Crippen molar-refractivity contribution in [2.24, 2.45) is 5.73 Å². The number of carbonyl (C=O) groups is 3. The maximum Gasteiger partial charge on any atom is 0.338 e. The van der Waals surface area contributed by atoms with E-state index in [4.69, 9.17) is 10.5 Å². The Labute approximate surface area is 146 Å². The molecule has 6 nitrogen and oxygen atoms in total. The Kier molecular flexibility index (Phi) is 5.89. The van der Waals surface area contributed by atoms with E-state index >= 15 is 0 Å². The Morgan fingerprint density at radius 1 is 0.920 bits per heavy atom. The van der Waals surface area contributed by atoms with Gasteiger partial charge in [-0.25, -0.2) is 4.79 Å². The standard InChI is InChI=1S/C19H20N2O4/c1-12(14-6-4-3-5-7-14)21-18(23)13(2)25-19(24)16-10-8-15(9-11-16)17(20)22/h3-13H,1-2H3,(H2,20,22)(H,21,23)/t12-,13-/m1/s1. The maximum atomic E-state index is 12.2. The molecular formula is C19H20N2O4. The van der Waals surface area contributed by atoms with Crippen molar-refractivity contribution in [1.82, 2.24) is 5.32 Å². The fourth-order valence-electron chi connectivity index (χ4n) is 2.21. The van der Waals surface area contributed by atoms with Crippen LogP contribution in [-0.4, -0.2) is 23.9 Å². The second kappa shape index (κ2) is 8.10. The Morgan fingerprint density at radius 2 is 1.48 bits per heavy atom. The van der Waals surface area contributed by atoms with Gasteiger partial charge < -0.3 is 15.8 Å². The molecule has 2 aromatic carbocycles. The van der Waals surface area contributed by atoms with Crippen molar-refractivity contribution in [3.05, 3.63) is 71.3 Å². The third-order valence-corrected chi connectivity index (χ3v) is 3.72. The van der Waals surface area contributed by atoms with E-state index in [0.29, 0.717) is 5.56 Å². The number of hydrogen-bond acceptors (Lipinski definition) is 4. The molecule has 2 aromatic rings. The summed E-state index contributed by atoms with van der Waals surface area (Å²) >= 11 is 0. The van der Waals surface area contributed by atoms with Crippen LogP contribution in [0.3, 0.4) is 0 Å². The summed E-state index contributed by atoms with van der Waals surface area (Å²) in [6, 6.07) is 15.0. The number of benzene rings is 2. The van der Waals surface area contributed by atoms with Gasteiger partial charge in [0.05, 0.1) is 11.6 Å². The number of primary amides is 1. The predicted octanol–water partition coefficient (Wildman–Crippen LogP) is 2.21. The minimum Gasteiger partial charge on any atom is -0.449 e. The number of esters is 1. The predicted molar refractivity (Wildman–Crippen MR) is 92.8 cm³/mol. The minimum atomic E-state index is -0.950. The zero-order chi connectivity index (χ0) is 18.4. The zero-order valence-corrected chi connectivity index (χ0v) is 14.1. The third kappa shape index (κ3) is 4.91. The van der Waals surface area contributed by atoms with Crippen molar-refractivity contribution in [2.45, 2.75) is 26.0 Å². The summed E-state index contributed by atoms with van der Waals surface area (Å²) in [5, 5.41) is 2.80. The van der Waals surface area contributed by atoms with E-state index in [9.17, 15) is 14.4 Å². The van der Waals surface area contributed by atoms with E-state index in [1.54, 1.807) is 0 Å². The smallest absolute Gasteiger partial charge is 0.338 e. The van der Waals surface area contributed by atoms with Crippen LogP contribution in [0.5, 0.6) is 0 Å². The average molecular weight is 340 g/mol. The molecule has 25 heavy (non-hydrogen) atoms. The second-order valence-electron chi connectivity index (χ2n) is 5.63.